The number of carbonyl (C=O) groups excluding carboxylic acids is 1. The number of aliphatic hydroxyl groups excluding tert-OH is 1. The van der Waals surface area contributed by atoms with Crippen molar-refractivity contribution in [2.24, 2.45) is 11.8 Å². The number of aliphatic hydroxyl groups is 1. The van der Waals surface area contributed by atoms with Gasteiger partial charge >= 0.3 is 0 Å². The summed E-state index contributed by atoms with van der Waals surface area (Å²) in [5.41, 5.74) is 4.30. The van der Waals surface area contributed by atoms with Crippen molar-refractivity contribution in [3.8, 4) is 17.5 Å². The maximum Gasteiger partial charge on any atom is 0.251 e. The number of carbonyl (C=O) groups is 1. The number of aromatic nitrogens is 1. The van der Waals surface area contributed by atoms with Gasteiger partial charge in [0.1, 0.15) is 5.52 Å². The van der Waals surface area contributed by atoms with Crippen molar-refractivity contribution in [1.82, 2.24) is 10.3 Å². The highest BCUT2D eigenvalue weighted by Gasteiger charge is 2.21. The first-order valence-electron chi connectivity index (χ1n) is 11.8. The van der Waals surface area contributed by atoms with Crippen LogP contribution in [0.5, 0.6) is 0 Å². The second-order valence-corrected chi connectivity index (χ2v) is 9.39. The second-order valence-electron chi connectivity index (χ2n) is 9.39. The molecule has 1 fully saturated rings. The number of amides is 1. The Bertz CT molecular complexity index is 1150. The van der Waals surface area contributed by atoms with Crippen molar-refractivity contribution in [2.45, 2.75) is 51.9 Å². The molecule has 0 aliphatic heterocycles. The van der Waals surface area contributed by atoms with Crippen molar-refractivity contribution in [1.29, 1.82) is 5.26 Å². The number of rotatable bonds is 7. The van der Waals surface area contributed by atoms with E-state index in [1.165, 1.54) is 0 Å². The summed E-state index contributed by atoms with van der Waals surface area (Å²) in [6.07, 6.45) is 5.37. The van der Waals surface area contributed by atoms with Gasteiger partial charge in [-0.05, 0) is 73.4 Å². The Morgan fingerprint density at radius 2 is 1.88 bits per heavy atom. The van der Waals surface area contributed by atoms with Crippen LogP contribution in [0.3, 0.4) is 0 Å². The van der Waals surface area contributed by atoms with Crippen LogP contribution in [0.1, 0.15) is 73.4 Å². The number of fused-ring (bicyclic) bond motifs is 1. The summed E-state index contributed by atoms with van der Waals surface area (Å²) in [6.45, 7) is 5.08. The molecule has 1 amide bonds. The van der Waals surface area contributed by atoms with Crippen LogP contribution in [-0.2, 0) is 0 Å². The van der Waals surface area contributed by atoms with E-state index in [4.69, 9.17) is 9.52 Å². The average molecular weight is 446 g/mol. The first kappa shape index (κ1) is 23.0. The Morgan fingerprint density at radius 3 is 2.52 bits per heavy atom. The Kier molecular flexibility index (Phi) is 7.10. The minimum absolute atomic E-state index is 0.0719. The molecule has 1 heterocycles. The van der Waals surface area contributed by atoms with E-state index in [0.717, 1.165) is 43.2 Å². The summed E-state index contributed by atoms with van der Waals surface area (Å²) in [5, 5.41) is 21.5. The molecule has 172 valence electrons. The van der Waals surface area contributed by atoms with Crippen molar-refractivity contribution in [3.05, 3.63) is 53.1 Å². The molecule has 0 unspecified atom stereocenters. The molecule has 6 nitrogen and oxygen atoms in total. The molecule has 2 aromatic carbocycles. The lowest BCUT2D eigenvalue weighted by molar-refractivity contribution is 0.0940. The zero-order valence-electron chi connectivity index (χ0n) is 19.3. The SMILES string of the molecule is CC(C)c1cc(C#N)cc2nc(-c3ccc(C(=O)NCC4CCC(CCO)CC4)cc3)oc12. The van der Waals surface area contributed by atoms with Crippen LogP contribution in [0.4, 0.5) is 0 Å². The fourth-order valence-corrected chi connectivity index (χ4v) is 4.69. The number of oxazole rings is 1. The van der Waals surface area contributed by atoms with Crippen LogP contribution in [0.25, 0.3) is 22.6 Å². The van der Waals surface area contributed by atoms with Crippen LogP contribution in [-0.4, -0.2) is 29.1 Å². The Balaban J connectivity index is 1.42. The predicted octanol–water partition coefficient (Wildman–Crippen LogP) is 5.41. The molecule has 3 aromatic rings. The van der Waals surface area contributed by atoms with Crippen molar-refractivity contribution in [2.75, 3.05) is 13.2 Å². The molecule has 4 rings (SSSR count). The lowest BCUT2D eigenvalue weighted by Gasteiger charge is -2.28. The molecule has 1 aliphatic rings. The molecular weight excluding hydrogens is 414 g/mol. The molecule has 0 saturated heterocycles. The Morgan fingerprint density at radius 1 is 1.18 bits per heavy atom. The standard InChI is InChI=1S/C27H31N3O3/c1-17(2)23-13-20(15-28)14-24-25(23)33-27(30-24)22-9-7-21(8-10-22)26(32)29-16-19-5-3-18(4-6-19)11-12-31/h7-10,13-14,17-19,31H,3-6,11-12,16H2,1-2H3,(H,29,32). The monoisotopic (exact) mass is 445 g/mol. The van der Waals surface area contributed by atoms with Gasteiger partial charge in [-0.3, -0.25) is 4.79 Å². The van der Waals surface area contributed by atoms with Gasteiger partial charge in [0.15, 0.2) is 5.58 Å². The quantitative estimate of drug-likeness (QED) is 0.507. The highest BCUT2D eigenvalue weighted by atomic mass is 16.3. The van der Waals surface area contributed by atoms with E-state index in [1.807, 2.05) is 18.2 Å². The maximum atomic E-state index is 12.6. The van der Waals surface area contributed by atoms with Crippen LogP contribution in [0, 0.1) is 23.2 Å². The van der Waals surface area contributed by atoms with Crippen molar-refractivity contribution in [3.63, 3.8) is 0 Å². The molecule has 1 aliphatic carbocycles. The average Bonchev–Trinajstić information content (AvgIpc) is 3.27. The third kappa shape index (κ3) is 5.26. The van der Waals surface area contributed by atoms with Gasteiger partial charge in [-0.2, -0.15) is 5.26 Å². The molecule has 33 heavy (non-hydrogen) atoms. The molecule has 0 atom stereocenters. The number of hydrogen-bond acceptors (Lipinski definition) is 5. The van der Waals surface area contributed by atoms with Crippen molar-refractivity contribution < 1.29 is 14.3 Å². The molecular formula is C27H31N3O3. The van der Waals surface area contributed by atoms with Crippen LogP contribution in [0.15, 0.2) is 40.8 Å². The fraction of sp³-hybridized carbons (Fsp3) is 0.444. The van der Waals surface area contributed by atoms with Crippen LogP contribution in [0.2, 0.25) is 0 Å². The Hall–Kier alpha value is -3.17. The third-order valence-electron chi connectivity index (χ3n) is 6.72. The molecule has 6 heteroatoms. The number of hydrogen-bond donors (Lipinski definition) is 2. The maximum absolute atomic E-state index is 12.6. The minimum atomic E-state index is -0.0719. The van der Waals surface area contributed by atoms with Gasteiger partial charge in [-0.25, -0.2) is 4.98 Å². The second kappa shape index (κ2) is 10.2. The van der Waals surface area contributed by atoms with Gasteiger partial charge in [0.05, 0.1) is 11.6 Å². The summed E-state index contributed by atoms with van der Waals surface area (Å²) >= 11 is 0. The van der Waals surface area contributed by atoms with E-state index in [-0.39, 0.29) is 18.4 Å². The minimum Gasteiger partial charge on any atom is -0.436 e. The number of nitriles is 1. The van der Waals surface area contributed by atoms with E-state index < -0.39 is 0 Å². The summed E-state index contributed by atoms with van der Waals surface area (Å²) in [6, 6.07) is 13.1. The van der Waals surface area contributed by atoms with Gasteiger partial charge in [0.2, 0.25) is 5.89 Å². The summed E-state index contributed by atoms with van der Waals surface area (Å²) in [4.78, 5) is 17.2. The van der Waals surface area contributed by atoms with E-state index in [9.17, 15) is 10.1 Å². The lowest BCUT2D eigenvalue weighted by Crippen LogP contribution is -2.31. The summed E-state index contributed by atoms with van der Waals surface area (Å²) in [7, 11) is 0. The number of nitrogens with one attached hydrogen (secondary N) is 1. The van der Waals surface area contributed by atoms with E-state index in [0.29, 0.717) is 46.5 Å². The van der Waals surface area contributed by atoms with E-state index in [2.05, 4.69) is 30.2 Å². The van der Waals surface area contributed by atoms with Gasteiger partial charge in [0, 0.05) is 29.8 Å². The largest absolute Gasteiger partial charge is 0.436 e. The van der Waals surface area contributed by atoms with Crippen LogP contribution >= 0.6 is 0 Å². The lowest BCUT2D eigenvalue weighted by atomic mass is 9.80. The molecule has 0 spiro atoms. The number of nitrogens with zero attached hydrogens (tertiary/aromatic N) is 2. The highest BCUT2D eigenvalue weighted by molar-refractivity contribution is 5.94. The number of benzene rings is 2. The van der Waals surface area contributed by atoms with Gasteiger partial charge in [-0.1, -0.05) is 26.7 Å². The van der Waals surface area contributed by atoms with Gasteiger partial charge in [-0.15, -0.1) is 0 Å². The van der Waals surface area contributed by atoms with Crippen molar-refractivity contribution >= 4 is 17.0 Å². The Labute approximate surface area is 194 Å². The third-order valence-corrected chi connectivity index (χ3v) is 6.72. The smallest absolute Gasteiger partial charge is 0.251 e. The highest BCUT2D eigenvalue weighted by Crippen LogP contribution is 2.32. The zero-order valence-corrected chi connectivity index (χ0v) is 19.3. The predicted molar refractivity (Wildman–Crippen MR) is 128 cm³/mol. The summed E-state index contributed by atoms with van der Waals surface area (Å²) < 4.78 is 6.06. The fourth-order valence-electron chi connectivity index (χ4n) is 4.69. The molecule has 2 N–H and O–H groups in total. The molecule has 0 radical (unpaired) electrons. The summed E-state index contributed by atoms with van der Waals surface area (Å²) in [5.74, 6) is 1.75. The topological polar surface area (TPSA) is 99.2 Å². The van der Waals surface area contributed by atoms with E-state index >= 15 is 0 Å². The molecule has 1 saturated carbocycles. The first-order valence-corrected chi connectivity index (χ1v) is 11.8. The molecule has 1 aromatic heterocycles. The van der Waals surface area contributed by atoms with Crippen LogP contribution < -0.4 is 5.32 Å². The molecule has 0 bridgehead atoms. The van der Waals surface area contributed by atoms with Gasteiger partial charge < -0.3 is 14.8 Å². The van der Waals surface area contributed by atoms with E-state index in [1.54, 1.807) is 18.2 Å². The zero-order chi connectivity index (χ0) is 23.4. The van der Waals surface area contributed by atoms with Gasteiger partial charge in [0.25, 0.3) is 5.91 Å². The normalized spacial score (nSPS) is 18.4. The first-order chi connectivity index (χ1) is 16.0.